The van der Waals surface area contributed by atoms with Crippen molar-refractivity contribution in [2.75, 3.05) is 13.4 Å². The fourth-order valence-electron chi connectivity index (χ4n) is 1.68. The Labute approximate surface area is 105 Å². The summed E-state index contributed by atoms with van der Waals surface area (Å²) < 4.78 is 7.24. The molecular weight excluding hydrogens is 234 g/mol. The Bertz CT molecular complexity index is 493. The number of hydrogen-bond acceptors (Lipinski definition) is 4. The van der Waals surface area contributed by atoms with Gasteiger partial charge in [0.25, 0.3) is 0 Å². The molecule has 0 aliphatic heterocycles. The Hall–Kier alpha value is -1.49. The van der Waals surface area contributed by atoms with E-state index in [1.54, 1.807) is 18.9 Å². The maximum atomic E-state index is 5.14. The number of methoxy groups -OCH3 is 1. The fraction of sp³-hybridized carbons (Fsp3) is 0.333. The van der Waals surface area contributed by atoms with Crippen molar-refractivity contribution in [3.05, 3.63) is 24.3 Å². The molecule has 1 aromatic carbocycles. The van der Waals surface area contributed by atoms with Gasteiger partial charge in [-0.25, -0.2) is 0 Å². The average Bonchev–Trinajstić information content (AvgIpc) is 2.81. The molecule has 0 spiro atoms. The molecule has 2 rings (SSSR count). The van der Waals surface area contributed by atoms with Crippen molar-refractivity contribution in [3.8, 4) is 17.1 Å². The van der Waals surface area contributed by atoms with Gasteiger partial charge in [0.05, 0.1) is 7.11 Å². The van der Waals surface area contributed by atoms with E-state index in [9.17, 15) is 0 Å². The highest BCUT2D eigenvalue weighted by Crippen LogP contribution is 2.24. The van der Waals surface area contributed by atoms with Crippen LogP contribution in [-0.4, -0.2) is 28.1 Å². The molecule has 90 valence electrons. The molecule has 0 aliphatic rings. The van der Waals surface area contributed by atoms with Crippen molar-refractivity contribution < 1.29 is 4.74 Å². The Morgan fingerprint density at radius 3 is 2.47 bits per heavy atom. The maximum absolute atomic E-state index is 5.14. The molecule has 0 bridgehead atoms. The molecule has 1 aromatic heterocycles. The van der Waals surface area contributed by atoms with Crippen molar-refractivity contribution in [2.24, 2.45) is 0 Å². The minimum absolute atomic E-state index is 0.849. The summed E-state index contributed by atoms with van der Waals surface area (Å²) in [6.45, 7) is 2.96. The van der Waals surface area contributed by atoms with Crippen LogP contribution >= 0.6 is 11.8 Å². The van der Waals surface area contributed by atoms with E-state index in [4.69, 9.17) is 4.74 Å². The minimum atomic E-state index is 0.849. The first kappa shape index (κ1) is 12.0. The SMILES string of the molecule is CCn1c(SC)nnc1-c1ccc(OC)cc1. The standard InChI is InChI=1S/C12H15N3OS/c1-4-15-11(13-14-12(15)17-3)9-5-7-10(16-2)8-6-9/h5-8H,4H2,1-3H3. The summed E-state index contributed by atoms with van der Waals surface area (Å²) in [6.07, 6.45) is 2.01. The lowest BCUT2D eigenvalue weighted by Crippen LogP contribution is -1.99. The van der Waals surface area contributed by atoms with Crippen molar-refractivity contribution in [1.82, 2.24) is 14.8 Å². The topological polar surface area (TPSA) is 39.9 Å². The second-order valence-electron chi connectivity index (χ2n) is 3.48. The molecule has 0 saturated carbocycles. The molecule has 0 unspecified atom stereocenters. The van der Waals surface area contributed by atoms with Gasteiger partial charge in [0, 0.05) is 12.1 Å². The molecular formula is C12H15N3OS. The summed E-state index contributed by atoms with van der Waals surface area (Å²) in [4.78, 5) is 0. The van der Waals surface area contributed by atoms with Crippen molar-refractivity contribution in [1.29, 1.82) is 0 Å². The zero-order chi connectivity index (χ0) is 12.3. The van der Waals surface area contributed by atoms with Crippen molar-refractivity contribution in [3.63, 3.8) is 0 Å². The van der Waals surface area contributed by atoms with Gasteiger partial charge in [-0.05, 0) is 37.4 Å². The highest BCUT2D eigenvalue weighted by atomic mass is 32.2. The molecule has 0 aliphatic carbocycles. The van der Waals surface area contributed by atoms with Gasteiger partial charge in [0.2, 0.25) is 0 Å². The Morgan fingerprint density at radius 2 is 1.94 bits per heavy atom. The first-order chi connectivity index (χ1) is 8.30. The molecule has 0 amide bonds. The molecule has 0 atom stereocenters. The Morgan fingerprint density at radius 1 is 1.24 bits per heavy atom. The molecule has 1 heterocycles. The normalized spacial score (nSPS) is 10.5. The van der Waals surface area contributed by atoms with E-state index in [2.05, 4.69) is 21.7 Å². The predicted molar refractivity (Wildman–Crippen MR) is 69.5 cm³/mol. The van der Waals surface area contributed by atoms with Gasteiger partial charge in [0.15, 0.2) is 11.0 Å². The number of ether oxygens (including phenoxy) is 1. The largest absolute Gasteiger partial charge is 0.497 e. The summed E-state index contributed by atoms with van der Waals surface area (Å²) in [5.74, 6) is 1.75. The second-order valence-corrected chi connectivity index (χ2v) is 4.26. The first-order valence-corrected chi connectivity index (χ1v) is 6.64. The van der Waals surface area contributed by atoms with Crippen molar-refractivity contribution >= 4 is 11.8 Å². The summed E-state index contributed by atoms with van der Waals surface area (Å²) in [7, 11) is 1.66. The van der Waals surface area contributed by atoms with Gasteiger partial charge in [-0.1, -0.05) is 11.8 Å². The van der Waals surface area contributed by atoms with Crippen LogP contribution in [0.1, 0.15) is 6.92 Å². The van der Waals surface area contributed by atoms with Crippen LogP contribution in [0.4, 0.5) is 0 Å². The molecule has 17 heavy (non-hydrogen) atoms. The summed E-state index contributed by atoms with van der Waals surface area (Å²) in [5.41, 5.74) is 1.06. The van der Waals surface area contributed by atoms with Crippen LogP contribution in [0.2, 0.25) is 0 Å². The summed E-state index contributed by atoms with van der Waals surface area (Å²) in [6, 6.07) is 7.86. The third kappa shape index (κ3) is 2.29. The smallest absolute Gasteiger partial charge is 0.191 e. The third-order valence-electron chi connectivity index (χ3n) is 2.56. The molecule has 0 N–H and O–H groups in total. The van der Waals surface area contributed by atoms with Gasteiger partial charge < -0.3 is 9.30 Å². The molecule has 2 aromatic rings. The van der Waals surface area contributed by atoms with E-state index in [0.29, 0.717) is 0 Å². The first-order valence-electron chi connectivity index (χ1n) is 5.41. The highest BCUT2D eigenvalue weighted by Gasteiger charge is 2.11. The van der Waals surface area contributed by atoms with Crippen molar-refractivity contribution in [2.45, 2.75) is 18.6 Å². The molecule has 4 nitrogen and oxygen atoms in total. The molecule has 0 saturated heterocycles. The predicted octanol–water partition coefficient (Wildman–Crippen LogP) is 2.70. The quantitative estimate of drug-likeness (QED) is 0.781. The van der Waals surface area contributed by atoms with Gasteiger partial charge >= 0.3 is 0 Å². The summed E-state index contributed by atoms with van der Waals surface area (Å²) in [5, 5.41) is 9.35. The van der Waals surface area contributed by atoms with E-state index < -0.39 is 0 Å². The zero-order valence-electron chi connectivity index (χ0n) is 10.2. The van der Waals surface area contributed by atoms with Crippen LogP contribution in [0.25, 0.3) is 11.4 Å². The Balaban J connectivity index is 2.41. The van der Waals surface area contributed by atoms with Gasteiger partial charge in [-0.15, -0.1) is 10.2 Å². The Kier molecular flexibility index (Phi) is 3.68. The van der Waals surface area contributed by atoms with Crippen LogP contribution in [0.15, 0.2) is 29.4 Å². The molecule has 5 heteroatoms. The summed E-state index contributed by atoms with van der Waals surface area (Å²) >= 11 is 1.61. The van der Waals surface area contributed by atoms with E-state index in [-0.39, 0.29) is 0 Å². The maximum Gasteiger partial charge on any atom is 0.191 e. The van der Waals surface area contributed by atoms with Crippen LogP contribution < -0.4 is 4.74 Å². The van der Waals surface area contributed by atoms with Crippen LogP contribution in [0, 0.1) is 0 Å². The number of thioether (sulfide) groups is 1. The number of aromatic nitrogens is 3. The van der Waals surface area contributed by atoms with E-state index in [1.807, 2.05) is 30.5 Å². The van der Waals surface area contributed by atoms with Crippen LogP contribution in [0.3, 0.4) is 0 Å². The van der Waals surface area contributed by atoms with E-state index in [0.717, 1.165) is 28.8 Å². The fourth-order valence-corrected chi connectivity index (χ4v) is 2.24. The molecule has 0 fully saturated rings. The lowest BCUT2D eigenvalue weighted by Gasteiger charge is -2.06. The third-order valence-corrected chi connectivity index (χ3v) is 3.23. The number of rotatable bonds is 4. The minimum Gasteiger partial charge on any atom is -0.497 e. The number of benzene rings is 1. The van der Waals surface area contributed by atoms with Gasteiger partial charge in [-0.2, -0.15) is 0 Å². The lowest BCUT2D eigenvalue weighted by molar-refractivity contribution is 0.415. The zero-order valence-corrected chi connectivity index (χ0v) is 11.0. The van der Waals surface area contributed by atoms with E-state index in [1.165, 1.54) is 0 Å². The number of nitrogens with zero attached hydrogens (tertiary/aromatic N) is 3. The highest BCUT2D eigenvalue weighted by molar-refractivity contribution is 7.98. The van der Waals surface area contributed by atoms with Gasteiger partial charge in [0.1, 0.15) is 5.75 Å². The number of hydrogen-bond donors (Lipinski definition) is 0. The second kappa shape index (κ2) is 5.23. The lowest BCUT2D eigenvalue weighted by atomic mass is 10.2. The average molecular weight is 249 g/mol. The monoisotopic (exact) mass is 249 g/mol. The molecule has 0 radical (unpaired) electrons. The van der Waals surface area contributed by atoms with Crippen LogP contribution in [-0.2, 0) is 6.54 Å². The van der Waals surface area contributed by atoms with E-state index >= 15 is 0 Å². The van der Waals surface area contributed by atoms with Gasteiger partial charge in [-0.3, -0.25) is 0 Å². The van der Waals surface area contributed by atoms with Crippen LogP contribution in [0.5, 0.6) is 5.75 Å².